The van der Waals surface area contributed by atoms with E-state index >= 15 is 0 Å². The standard InChI is InChI=1S/C30H38O3Si/c1-29(2,3)34-33-30(25-17-9-6-10-18-25,26-19-11-7-12-20-26)27-21-14-16-24(23-27)15-8-5-13-22-28(31)32-4/h6-7,9-12,14,16-21,23H,5,8,13,15,22,34H2,1-4H3. The number of methoxy groups -OCH3 is 1. The third-order valence-corrected chi connectivity index (χ3v) is 7.43. The number of hydrogen-bond donors (Lipinski definition) is 0. The molecule has 0 N–H and O–H groups in total. The molecule has 3 aromatic carbocycles. The lowest BCUT2D eigenvalue weighted by atomic mass is 9.79. The van der Waals surface area contributed by atoms with Crippen molar-refractivity contribution in [1.82, 2.24) is 0 Å². The number of esters is 1. The van der Waals surface area contributed by atoms with Gasteiger partial charge < -0.3 is 9.16 Å². The van der Waals surface area contributed by atoms with Crippen LogP contribution in [-0.2, 0) is 26.0 Å². The lowest BCUT2D eigenvalue weighted by molar-refractivity contribution is -0.140. The average molecular weight is 475 g/mol. The molecule has 4 heteroatoms. The fourth-order valence-electron chi connectivity index (χ4n) is 4.24. The van der Waals surface area contributed by atoms with Crippen LogP contribution in [0.4, 0.5) is 0 Å². The molecule has 0 heterocycles. The Morgan fingerprint density at radius 2 is 1.35 bits per heavy atom. The molecule has 0 aromatic heterocycles. The fraction of sp³-hybridized carbons (Fsp3) is 0.367. The molecule has 34 heavy (non-hydrogen) atoms. The van der Waals surface area contributed by atoms with E-state index in [0.29, 0.717) is 6.42 Å². The number of unbranched alkanes of at least 4 members (excludes halogenated alkanes) is 2. The van der Waals surface area contributed by atoms with Gasteiger partial charge in [0.05, 0.1) is 7.11 Å². The maximum atomic E-state index is 11.4. The third kappa shape index (κ3) is 6.91. The van der Waals surface area contributed by atoms with Crippen LogP contribution in [0, 0.1) is 0 Å². The molecule has 0 bridgehead atoms. The number of benzene rings is 3. The maximum absolute atomic E-state index is 11.4. The van der Waals surface area contributed by atoms with E-state index in [1.165, 1.54) is 18.2 Å². The van der Waals surface area contributed by atoms with Crippen LogP contribution in [0.15, 0.2) is 84.9 Å². The third-order valence-electron chi connectivity index (χ3n) is 5.99. The number of rotatable bonds is 11. The summed E-state index contributed by atoms with van der Waals surface area (Å²) in [5.41, 5.74) is 4.16. The normalized spacial score (nSPS) is 12.2. The Bertz CT molecular complexity index is 986. The van der Waals surface area contributed by atoms with Crippen molar-refractivity contribution >= 4 is 15.7 Å². The minimum atomic E-state index is -0.875. The Hall–Kier alpha value is -2.69. The Balaban J connectivity index is 1.96. The van der Waals surface area contributed by atoms with Crippen LogP contribution in [0.5, 0.6) is 0 Å². The van der Waals surface area contributed by atoms with Crippen LogP contribution in [0.3, 0.4) is 0 Å². The smallest absolute Gasteiger partial charge is 0.305 e. The van der Waals surface area contributed by atoms with Crippen LogP contribution in [0.1, 0.15) is 68.7 Å². The van der Waals surface area contributed by atoms with Gasteiger partial charge in [-0.15, -0.1) is 0 Å². The second kappa shape index (κ2) is 12.1. The second-order valence-corrected chi connectivity index (χ2v) is 12.8. The highest BCUT2D eigenvalue weighted by Crippen LogP contribution is 2.42. The van der Waals surface area contributed by atoms with E-state index < -0.39 is 15.4 Å². The summed E-state index contributed by atoms with van der Waals surface area (Å²) in [7, 11) is 0.574. The zero-order valence-corrected chi connectivity index (χ0v) is 22.5. The van der Waals surface area contributed by atoms with E-state index in [9.17, 15) is 4.79 Å². The Morgan fingerprint density at radius 3 is 1.91 bits per heavy atom. The van der Waals surface area contributed by atoms with Gasteiger partial charge in [-0.2, -0.15) is 0 Å². The maximum Gasteiger partial charge on any atom is 0.305 e. The van der Waals surface area contributed by atoms with E-state index in [4.69, 9.17) is 9.16 Å². The predicted octanol–water partition coefficient (Wildman–Crippen LogP) is 6.57. The summed E-state index contributed by atoms with van der Waals surface area (Å²) in [4.78, 5) is 11.4. The van der Waals surface area contributed by atoms with Gasteiger partial charge in [-0.05, 0) is 46.6 Å². The lowest BCUT2D eigenvalue weighted by Crippen LogP contribution is -2.36. The van der Waals surface area contributed by atoms with Gasteiger partial charge in [0.2, 0.25) is 0 Å². The van der Waals surface area contributed by atoms with Gasteiger partial charge in [-0.3, -0.25) is 4.79 Å². The number of aryl methyl sites for hydroxylation is 1. The van der Waals surface area contributed by atoms with E-state index in [1.54, 1.807) is 0 Å². The molecule has 0 radical (unpaired) electrons. The molecule has 0 spiro atoms. The Labute approximate surface area is 207 Å². The fourth-order valence-corrected chi connectivity index (χ4v) is 5.39. The van der Waals surface area contributed by atoms with Crippen molar-refractivity contribution in [3.63, 3.8) is 0 Å². The van der Waals surface area contributed by atoms with Gasteiger partial charge in [0.25, 0.3) is 0 Å². The summed E-state index contributed by atoms with van der Waals surface area (Å²) in [5.74, 6) is -0.127. The highest BCUT2D eigenvalue weighted by atomic mass is 28.2. The largest absolute Gasteiger partial charge is 0.469 e. The molecule has 3 rings (SSSR count). The first-order valence-electron chi connectivity index (χ1n) is 12.3. The van der Waals surface area contributed by atoms with Crippen LogP contribution in [0.25, 0.3) is 0 Å². The molecule has 3 aromatic rings. The first-order chi connectivity index (χ1) is 16.3. The lowest BCUT2D eigenvalue weighted by Gasteiger charge is -2.38. The van der Waals surface area contributed by atoms with Gasteiger partial charge in [-0.1, -0.05) is 112 Å². The number of carbonyl (C=O) groups is 1. The first-order valence-corrected chi connectivity index (χ1v) is 13.5. The van der Waals surface area contributed by atoms with Gasteiger partial charge in [0.1, 0.15) is 5.60 Å². The molecule has 3 nitrogen and oxygen atoms in total. The van der Waals surface area contributed by atoms with E-state index in [1.807, 2.05) is 0 Å². The average Bonchev–Trinajstić information content (AvgIpc) is 2.85. The van der Waals surface area contributed by atoms with Gasteiger partial charge in [0, 0.05) is 6.42 Å². The Kier molecular flexibility index (Phi) is 9.25. The van der Waals surface area contributed by atoms with E-state index in [0.717, 1.165) is 36.8 Å². The van der Waals surface area contributed by atoms with Crippen LogP contribution in [0.2, 0.25) is 5.04 Å². The summed E-state index contributed by atoms with van der Waals surface area (Å²) in [5, 5.41) is 0.159. The van der Waals surface area contributed by atoms with E-state index in [-0.39, 0.29) is 11.0 Å². The molecule has 0 atom stereocenters. The van der Waals surface area contributed by atoms with E-state index in [2.05, 4.69) is 106 Å². The zero-order valence-electron chi connectivity index (χ0n) is 21.1. The highest BCUT2D eigenvalue weighted by Gasteiger charge is 2.38. The van der Waals surface area contributed by atoms with Crippen LogP contribution >= 0.6 is 0 Å². The first kappa shape index (κ1) is 25.9. The zero-order chi connectivity index (χ0) is 24.4. The molecule has 0 amide bonds. The van der Waals surface area contributed by atoms with Crippen molar-refractivity contribution in [1.29, 1.82) is 0 Å². The van der Waals surface area contributed by atoms with Crippen molar-refractivity contribution < 1.29 is 14.0 Å². The topological polar surface area (TPSA) is 35.5 Å². The van der Waals surface area contributed by atoms with Gasteiger partial charge >= 0.3 is 5.97 Å². The van der Waals surface area contributed by atoms with Crippen molar-refractivity contribution in [2.24, 2.45) is 0 Å². The summed E-state index contributed by atoms with van der Waals surface area (Å²) in [6, 6.07) is 30.1. The van der Waals surface area contributed by atoms with Gasteiger partial charge in [-0.25, -0.2) is 0 Å². The van der Waals surface area contributed by atoms with Gasteiger partial charge in [0.15, 0.2) is 9.76 Å². The second-order valence-electron chi connectivity index (χ2n) is 10.1. The summed E-state index contributed by atoms with van der Waals surface area (Å²) in [6.07, 6.45) is 4.39. The predicted molar refractivity (Wildman–Crippen MR) is 143 cm³/mol. The molecule has 0 fully saturated rings. The SMILES string of the molecule is COC(=O)CCCCCc1cccc(C(O[SiH2]C(C)(C)C)(c2ccccc2)c2ccccc2)c1. The quantitative estimate of drug-likeness (QED) is 0.136. The molecule has 0 aliphatic heterocycles. The monoisotopic (exact) mass is 474 g/mol. The summed E-state index contributed by atoms with van der Waals surface area (Å²) >= 11 is 0. The molecule has 180 valence electrons. The molecule has 0 saturated carbocycles. The summed E-state index contributed by atoms with van der Waals surface area (Å²) in [6.45, 7) is 6.81. The van der Waals surface area contributed by atoms with Crippen LogP contribution in [-0.4, -0.2) is 22.8 Å². The number of carbonyl (C=O) groups excluding carboxylic acids is 1. The molecular weight excluding hydrogens is 436 g/mol. The molecule has 0 unspecified atom stereocenters. The summed E-state index contributed by atoms with van der Waals surface area (Å²) < 4.78 is 11.8. The molecule has 0 saturated heterocycles. The minimum absolute atomic E-state index is 0.127. The van der Waals surface area contributed by atoms with Crippen molar-refractivity contribution in [2.75, 3.05) is 7.11 Å². The van der Waals surface area contributed by atoms with Crippen molar-refractivity contribution in [2.45, 2.75) is 63.5 Å². The number of ether oxygens (including phenoxy) is 1. The minimum Gasteiger partial charge on any atom is -0.469 e. The van der Waals surface area contributed by atoms with Crippen molar-refractivity contribution in [3.8, 4) is 0 Å². The highest BCUT2D eigenvalue weighted by molar-refractivity contribution is 6.32. The van der Waals surface area contributed by atoms with Crippen LogP contribution < -0.4 is 0 Å². The molecule has 0 aliphatic carbocycles. The number of hydrogen-bond acceptors (Lipinski definition) is 3. The molecule has 0 aliphatic rings. The Morgan fingerprint density at radius 1 is 0.765 bits per heavy atom. The molecular formula is C30H38O3Si. The van der Waals surface area contributed by atoms with Crippen molar-refractivity contribution in [3.05, 3.63) is 107 Å².